The fourth-order valence-electron chi connectivity index (χ4n) is 5.33. The van der Waals surface area contributed by atoms with Crippen molar-refractivity contribution in [1.29, 1.82) is 0 Å². The Hall–Kier alpha value is -2.29. The fourth-order valence-corrected chi connectivity index (χ4v) is 5.33. The van der Waals surface area contributed by atoms with Gasteiger partial charge in [0.25, 0.3) is 0 Å². The first kappa shape index (κ1) is 17.8. The largest absolute Gasteiger partial charge is 0.392 e. The maximum absolute atomic E-state index is 13.4. The molecule has 0 aromatic heterocycles. The van der Waals surface area contributed by atoms with Crippen LogP contribution in [0.1, 0.15) is 25.3 Å². The van der Waals surface area contributed by atoms with Crippen LogP contribution in [-0.2, 0) is 24.7 Å². The molecule has 8 nitrogen and oxygen atoms in total. The smallest absolute Gasteiger partial charge is 0.250 e. The average molecular weight is 385 g/mol. The van der Waals surface area contributed by atoms with E-state index in [1.165, 1.54) is 4.90 Å². The molecule has 6 atom stereocenters. The van der Waals surface area contributed by atoms with Gasteiger partial charge in [0.15, 0.2) is 0 Å². The van der Waals surface area contributed by atoms with Gasteiger partial charge < -0.3 is 15.2 Å². The predicted molar refractivity (Wildman–Crippen MR) is 98.0 cm³/mol. The minimum atomic E-state index is -1.35. The monoisotopic (exact) mass is 385 g/mol. The zero-order valence-electron chi connectivity index (χ0n) is 15.6. The zero-order chi connectivity index (χ0) is 19.6. The number of aliphatic hydroxyl groups is 1. The van der Waals surface area contributed by atoms with Crippen molar-refractivity contribution in [1.82, 2.24) is 10.2 Å². The van der Waals surface area contributed by atoms with Crippen LogP contribution in [0, 0.1) is 11.8 Å². The lowest BCUT2D eigenvalue weighted by molar-refractivity contribution is -0.144. The normalized spacial score (nSPS) is 37.5. The Morgan fingerprint density at radius 3 is 2.79 bits per heavy atom. The molecule has 0 radical (unpaired) electrons. The van der Waals surface area contributed by atoms with Gasteiger partial charge in [-0.05, 0) is 25.8 Å². The number of benzene rings is 1. The highest BCUT2D eigenvalue weighted by Gasteiger charge is 2.71. The van der Waals surface area contributed by atoms with E-state index in [0.717, 1.165) is 12.8 Å². The third-order valence-electron chi connectivity index (χ3n) is 6.58. The molecule has 3 fully saturated rings. The number of imide groups is 1. The molecule has 3 N–H and O–H groups in total. The van der Waals surface area contributed by atoms with Gasteiger partial charge in [-0.15, -0.1) is 0 Å². The minimum absolute atomic E-state index is 0.162. The first-order chi connectivity index (χ1) is 13.4. The number of hydrogen-bond donors (Lipinski definition) is 3. The summed E-state index contributed by atoms with van der Waals surface area (Å²) in [5.74, 6) is -2.73. The quantitative estimate of drug-likeness (QED) is 0.631. The van der Waals surface area contributed by atoms with E-state index in [4.69, 9.17) is 4.74 Å². The van der Waals surface area contributed by atoms with Crippen LogP contribution in [0.5, 0.6) is 0 Å². The van der Waals surface area contributed by atoms with E-state index in [2.05, 4.69) is 10.6 Å². The number of rotatable bonds is 3. The molecule has 0 saturated carbocycles. The van der Waals surface area contributed by atoms with Crippen molar-refractivity contribution in [3.8, 4) is 0 Å². The highest BCUT2D eigenvalue weighted by Crippen LogP contribution is 2.53. The van der Waals surface area contributed by atoms with Gasteiger partial charge in [0.05, 0.1) is 30.6 Å². The Labute approximate surface area is 162 Å². The van der Waals surface area contributed by atoms with Gasteiger partial charge in [0.2, 0.25) is 17.7 Å². The Kier molecular flexibility index (Phi) is 3.88. The molecule has 8 heteroatoms. The van der Waals surface area contributed by atoms with Crippen molar-refractivity contribution in [2.24, 2.45) is 11.8 Å². The summed E-state index contributed by atoms with van der Waals surface area (Å²) < 4.78 is 5.61. The Morgan fingerprint density at radius 1 is 1.29 bits per heavy atom. The Balaban J connectivity index is 1.59. The standard InChI is InChI=1S/C20H23N3O5/c1-10(24)16-14-15(18(26)23(17(14)25)9-11-5-4-8-28-11)20(22-16)12-6-2-3-7-13(12)21-19(20)27/h2-3,6-7,10-11,14-16,22,24H,4-5,8-9H2,1H3,(H,21,27)/t10-,11-,14+,15-,16-,20-/m1/s1. The van der Waals surface area contributed by atoms with Gasteiger partial charge in [0.1, 0.15) is 5.54 Å². The molecule has 0 aliphatic carbocycles. The summed E-state index contributed by atoms with van der Waals surface area (Å²) in [6.45, 7) is 2.41. The van der Waals surface area contributed by atoms with E-state index < -0.39 is 29.5 Å². The van der Waals surface area contributed by atoms with E-state index in [9.17, 15) is 19.5 Å². The van der Waals surface area contributed by atoms with E-state index >= 15 is 0 Å². The number of likely N-dealkylation sites (tertiary alicyclic amines) is 1. The maximum Gasteiger partial charge on any atom is 0.250 e. The molecule has 0 bridgehead atoms. The molecule has 4 aliphatic rings. The molecule has 1 spiro atoms. The molecule has 0 unspecified atom stereocenters. The predicted octanol–water partition coefficient (Wildman–Crippen LogP) is -0.0332. The van der Waals surface area contributed by atoms with Gasteiger partial charge in [-0.25, -0.2) is 0 Å². The summed E-state index contributed by atoms with van der Waals surface area (Å²) in [5.41, 5.74) is -0.0675. The van der Waals surface area contributed by atoms with Crippen molar-refractivity contribution in [2.45, 2.75) is 43.6 Å². The number of ether oxygens (including phenoxy) is 1. The van der Waals surface area contributed by atoms with Crippen LogP contribution in [0.3, 0.4) is 0 Å². The third kappa shape index (κ3) is 2.19. The summed E-state index contributed by atoms with van der Waals surface area (Å²) >= 11 is 0. The second-order valence-corrected chi connectivity index (χ2v) is 8.14. The summed E-state index contributed by atoms with van der Waals surface area (Å²) in [5, 5.41) is 16.4. The van der Waals surface area contributed by atoms with E-state index in [1.54, 1.807) is 25.1 Å². The number of hydrogen-bond acceptors (Lipinski definition) is 6. The van der Waals surface area contributed by atoms with Crippen molar-refractivity contribution in [3.05, 3.63) is 29.8 Å². The zero-order valence-corrected chi connectivity index (χ0v) is 15.6. The van der Waals surface area contributed by atoms with Crippen LogP contribution >= 0.6 is 0 Å². The lowest BCUT2D eigenvalue weighted by Crippen LogP contribution is -2.55. The second-order valence-electron chi connectivity index (χ2n) is 8.14. The van der Waals surface area contributed by atoms with Gasteiger partial charge in [-0.3, -0.25) is 24.6 Å². The van der Waals surface area contributed by atoms with Crippen molar-refractivity contribution >= 4 is 23.4 Å². The third-order valence-corrected chi connectivity index (χ3v) is 6.58. The number of fused-ring (bicyclic) bond motifs is 4. The molecule has 3 saturated heterocycles. The highest BCUT2D eigenvalue weighted by atomic mass is 16.5. The Bertz CT molecular complexity index is 865. The molecule has 4 heterocycles. The molecule has 1 aromatic rings. The second kappa shape index (κ2) is 6.10. The van der Waals surface area contributed by atoms with Crippen LogP contribution < -0.4 is 10.6 Å². The SMILES string of the molecule is C[C@@H](O)[C@H]1N[C@@]2(C(=O)Nc3ccccc32)[C@H]2C(=O)N(C[C@H]3CCCO3)C(=O)[C@H]12. The first-order valence-corrected chi connectivity index (χ1v) is 9.78. The maximum atomic E-state index is 13.4. The van der Waals surface area contributed by atoms with Gasteiger partial charge in [-0.2, -0.15) is 0 Å². The number of para-hydroxylation sites is 1. The first-order valence-electron chi connectivity index (χ1n) is 9.78. The van der Waals surface area contributed by atoms with Crippen molar-refractivity contribution < 1.29 is 24.2 Å². The van der Waals surface area contributed by atoms with Crippen molar-refractivity contribution in [2.75, 3.05) is 18.5 Å². The Morgan fingerprint density at radius 2 is 2.07 bits per heavy atom. The van der Waals surface area contributed by atoms with Crippen LogP contribution in [0.15, 0.2) is 24.3 Å². The van der Waals surface area contributed by atoms with Crippen LogP contribution in [0.2, 0.25) is 0 Å². The number of nitrogens with zero attached hydrogens (tertiary/aromatic N) is 1. The van der Waals surface area contributed by atoms with E-state index in [0.29, 0.717) is 17.9 Å². The van der Waals surface area contributed by atoms with Crippen LogP contribution in [-0.4, -0.2) is 59.1 Å². The summed E-state index contributed by atoms with van der Waals surface area (Å²) in [6, 6.07) is 6.50. The van der Waals surface area contributed by atoms with Crippen molar-refractivity contribution in [3.63, 3.8) is 0 Å². The molecule has 1 aromatic carbocycles. The van der Waals surface area contributed by atoms with E-state index in [1.807, 2.05) is 6.07 Å². The van der Waals surface area contributed by atoms with E-state index in [-0.39, 0.29) is 30.4 Å². The minimum Gasteiger partial charge on any atom is -0.392 e. The summed E-state index contributed by atoms with van der Waals surface area (Å²) in [4.78, 5) is 41.0. The van der Waals surface area contributed by atoms with Gasteiger partial charge in [0, 0.05) is 23.9 Å². The number of amides is 3. The average Bonchev–Trinajstić information content (AvgIpc) is 3.41. The fraction of sp³-hybridized carbons (Fsp3) is 0.550. The number of aliphatic hydroxyl groups excluding tert-OH is 1. The van der Waals surface area contributed by atoms with Crippen LogP contribution in [0.25, 0.3) is 0 Å². The molecule has 3 amide bonds. The number of nitrogens with one attached hydrogen (secondary N) is 2. The molecule has 5 rings (SSSR count). The topological polar surface area (TPSA) is 108 Å². The summed E-state index contributed by atoms with van der Waals surface area (Å²) in [7, 11) is 0. The molecule has 148 valence electrons. The highest BCUT2D eigenvalue weighted by molar-refractivity contribution is 6.15. The number of anilines is 1. The van der Waals surface area contributed by atoms with Gasteiger partial charge >= 0.3 is 0 Å². The number of carbonyl (C=O) groups is 3. The molecule has 28 heavy (non-hydrogen) atoms. The lowest BCUT2D eigenvalue weighted by atomic mass is 9.76. The molecular formula is C20H23N3O5. The molecule has 4 aliphatic heterocycles. The summed E-state index contributed by atoms with van der Waals surface area (Å²) in [6.07, 6.45) is 0.654. The van der Waals surface area contributed by atoms with Gasteiger partial charge in [-0.1, -0.05) is 18.2 Å². The lowest BCUT2D eigenvalue weighted by Gasteiger charge is -2.30. The number of carbonyl (C=O) groups excluding carboxylic acids is 3. The molecular weight excluding hydrogens is 362 g/mol. The van der Waals surface area contributed by atoms with Crippen LogP contribution in [0.4, 0.5) is 5.69 Å².